The SMILES string of the molecule is CC(=O)NCCNC(=O)c1ccc(NC(=O)c2ccc(F)cc2F)cc1. The lowest BCUT2D eigenvalue weighted by Crippen LogP contribution is -2.33. The average molecular weight is 361 g/mol. The van der Waals surface area contributed by atoms with E-state index >= 15 is 0 Å². The predicted octanol–water partition coefficient (Wildman–Crippen LogP) is 2.08. The lowest BCUT2D eigenvalue weighted by molar-refractivity contribution is -0.118. The van der Waals surface area contributed by atoms with E-state index in [9.17, 15) is 23.2 Å². The summed E-state index contributed by atoms with van der Waals surface area (Å²) >= 11 is 0. The van der Waals surface area contributed by atoms with Crippen LogP contribution in [0.3, 0.4) is 0 Å². The van der Waals surface area contributed by atoms with E-state index in [2.05, 4.69) is 16.0 Å². The highest BCUT2D eigenvalue weighted by molar-refractivity contribution is 6.04. The number of carbonyl (C=O) groups excluding carboxylic acids is 3. The number of hydrogen-bond donors (Lipinski definition) is 3. The summed E-state index contributed by atoms with van der Waals surface area (Å²) in [4.78, 5) is 34.7. The van der Waals surface area contributed by atoms with Crippen LogP contribution >= 0.6 is 0 Å². The van der Waals surface area contributed by atoms with Gasteiger partial charge in [-0.15, -0.1) is 0 Å². The molecule has 0 heterocycles. The van der Waals surface area contributed by atoms with E-state index in [4.69, 9.17) is 0 Å². The zero-order valence-corrected chi connectivity index (χ0v) is 13.9. The first kappa shape index (κ1) is 19.0. The fourth-order valence-electron chi connectivity index (χ4n) is 2.09. The first-order valence-electron chi connectivity index (χ1n) is 7.76. The van der Waals surface area contributed by atoms with Crippen LogP contribution in [0.2, 0.25) is 0 Å². The molecule has 3 amide bonds. The Kier molecular flexibility index (Phi) is 6.37. The number of amides is 3. The van der Waals surface area contributed by atoms with E-state index in [1.165, 1.54) is 31.2 Å². The average Bonchev–Trinajstić information content (AvgIpc) is 2.59. The summed E-state index contributed by atoms with van der Waals surface area (Å²) in [5, 5.41) is 7.65. The second-order valence-corrected chi connectivity index (χ2v) is 5.39. The molecule has 0 radical (unpaired) electrons. The van der Waals surface area contributed by atoms with E-state index in [0.717, 1.165) is 12.1 Å². The summed E-state index contributed by atoms with van der Waals surface area (Å²) in [5.74, 6) is -2.98. The topological polar surface area (TPSA) is 87.3 Å². The third-order valence-electron chi connectivity index (χ3n) is 3.37. The second kappa shape index (κ2) is 8.70. The molecule has 0 atom stereocenters. The van der Waals surface area contributed by atoms with Crippen molar-refractivity contribution in [2.45, 2.75) is 6.92 Å². The van der Waals surface area contributed by atoms with Gasteiger partial charge < -0.3 is 16.0 Å². The maximum Gasteiger partial charge on any atom is 0.258 e. The highest BCUT2D eigenvalue weighted by Gasteiger charge is 2.13. The summed E-state index contributed by atoms with van der Waals surface area (Å²) in [7, 11) is 0. The van der Waals surface area contributed by atoms with Gasteiger partial charge in [0.15, 0.2) is 0 Å². The number of nitrogens with one attached hydrogen (secondary N) is 3. The first-order chi connectivity index (χ1) is 12.4. The molecule has 2 rings (SSSR count). The monoisotopic (exact) mass is 361 g/mol. The quantitative estimate of drug-likeness (QED) is 0.689. The van der Waals surface area contributed by atoms with Gasteiger partial charge in [-0.25, -0.2) is 8.78 Å². The van der Waals surface area contributed by atoms with Gasteiger partial charge in [-0.05, 0) is 36.4 Å². The highest BCUT2D eigenvalue weighted by atomic mass is 19.1. The van der Waals surface area contributed by atoms with Gasteiger partial charge >= 0.3 is 0 Å². The number of carbonyl (C=O) groups is 3. The maximum absolute atomic E-state index is 13.6. The summed E-state index contributed by atoms with van der Waals surface area (Å²) in [6, 6.07) is 8.63. The molecule has 136 valence electrons. The molecule has 0 aromatic heterocycles. The minimum Gasteiger partial charge on any atom is -0.355 e. The zero-order valence-electron chi connectivity index (χ0n) is 13.9. The Morgan fingerprint density at radius 2 is 1.54 bits per heavy atom. The zero-order chi connectivity index (χ0) is 19.1. The Bertz CT molecular complexity index is 823. The molecule has 2 aromatic rings. The number of hydrogen-bond acceptors (Lipinski definition) is 3. The van der Waals surface area contributed by atoms with Gasteiger partial charge in [-0.1, -0.05) is 0 Å². The van der Waals surface area contributed by atoms with Crippen LogP contribution < -0.4 is 16.0 Å². The van der Waals surface area contributed by atoms with Crippen molar-refractivity contribution in [1.82, 2.24) is 10.6 Å². The first-order valence-corrected chi connectivity index (χ1v) is 7.76. The minimum absolute atomic E-state index is 0.183. The van der Waals surface area contributed by atoms with Crippen molar-refractivity contribution in [2.75, 3.05) is 18.4 Å². The van der Waals surface area contributed by atoms with Gasteiger partial charge in [0.25, 0.3) is 11.8 Å². The van der Waals surface area contributed by atoms with Crippen LogP contribution in [0, 0.1) is 11.6 Å². The van der Waals surface area contributed by atoms with Crippen molar-refractivity contribution in [3.63, 3.8) is 0 Å². The molecule has 0 saturated carbocycles. The molecule has 0 saturated heterocycles. The van der Waals surface area contributed by atoms with Crippen LogP contribution in [-0.4, -0.2) is 30.8 Å². The lowest BCUT2D eigenvalue weighted by atomic mass is 10.1. The van der Waals surface area contributed by atoms with Gasteiger partial charge in [0.2, 0.25) is 5.91 Å². The fourth-order valence-corrected chi connectivity index (χ4v) is 2.09. The molecule has 0 spiro atoms. The molecular weight excluding hydrogens is 344 g/mol. The van der Waals surface area contributed by atoms with Crippen LogP contribution in [0.5, 0.6) is 0 Å². The lowest BCUT2D eigenvalue weighted by Gasteiger charge is -2.08. The summed E-state index contributed by atoms with van der Waals surface area (Å²) in [5.41, 5.74) is 0.429. The number of anilines is 1. The maximum atomic E-state index is 13.6. The molecular formula is C18H17F2N3O3. The van der Waals surface area contributed by atoms with Gasteiger partial charge in [0.1, 0.15) is 11.6 Å². The molecule has 0 aliphatic heterocycles. The van der Waals surface area contributed by atoms with Crippen molar-refractivity contribution in [3.05, 3.63) is 65.2 Å². The molecule has 0 unspecified atom stereocenters. The van der Waals surface area contributed by atoms with E-state index in [-0.39, 0.29) is 23.9 Å². The Hall–Kier alpha value is -3.29. The van der Waals surface area contributed by atoms with E-state index in [1.807, 2.05) is 0 Å². The molecule has 2 aromatic carbocycles. The van der Waals surface area contributed by atoms with Crippen LogP contribution in [-0.2, 0) is 4.79 Å². The van der Waals surface area contributed by atoms with Crippen molar-refractivity contribution >= 4 is 23.4 Å². The summed E-state index contributed by atoms with van der Waals surface area (Å²) < 4.78 is 26.5. The van der Waals surface area contributed by atoms with Crippen LogP contribution in [0.25, 0.3) is 0 Å². The van der Waals surface area contributed by atoms with Crippen LogP contribution in [0.4, 0.5) is 14.5 Å². The molecule has 26 heavy (non-hydrogen) atoms. The summed E-state index contributed by atoms with van der Waals surface area (Å²) in [6.07, 6.45) is 0. The summed E-state index contributed by atoms with van der Waals surface area (Å²) in [6.45, 7) is 1.98. The van der Waals surface area contributed by atoms with Gasteiger partial charge in [-0.2, -0.15) is 0 Å². The molecule has 6 nitrogen and oxygen atoms in total. The second-order valence-electron chi connectivity index (χ2n) is 5.39. The minimum atomic E-state index is -0.960. The van der Waals surface area contributed by atoms with Crippen LogP contribution in [0.1, 0.15) is 27.6 Å². The Morgan fingerprint density at radius 3 is 2.15 bits per heavy atom. The van der Waals surface area contributed by atoms with E-state index < -0.39 is 17.5 Å². The molecule has 0 aliphatic carbocycles. The van der Waals surface area contributed by atoms with Crippen LogP contribution in [0.15, 0.2) is 42.5 Å². The van der Waals surface area contributed by atoms with E-state index in [1.54, 1.807) is 0 Å². The Labute approximate surface area is 148 Å². The number of halogens is 2. The Morgan fingerprint density at radius 1 is 0.885 bits per heavy atom. The third kappa shape index (κ3) is 5.37. The normalized spacial score (nSPS) is 10.1. The number of rotatable bonds is 6. The molecule has 3 N–H and O–H groups in total. The van der Waals surface area contributed by atoms with Crippen molar-refractivity contribution in [1.29, 1.82) is 0 Å². The van der Waals surface area contributed by atoms with Gasteiger partial charge in [0.05, 0.1) is 5.56 Å². The smallest absolute Gasteiger partial charge is 0.258 e. The fraction of sp³-hybridized carbons (Fsp3) is 0.167. The standard InChI is InChI=1S/C18H17F2N3O3/c1-11(24)21-8-9-22-17(25)12-2-5-14(6-3-12)23-18(26)15-7-4-13(19)10-16(15)20/h2-7,10H,8-9H2,1H3,(H,21,24)(H,22,25)(H,23,26). The van der Waals surface area contributed by atoms with E-state index in [0.29, 0.717) is 23.9 Å². The molecule has 0 fully saturated rings. The van der Waals surface area contributed by atoms with Crippen molar-refractivity contribution in [2.24, 2.45) is 0 Å². The highest BCUT2D eigenvalue weighted by Crippen LogP contribution is 2.14. The predicted molar refractivity (Wildman–Crippen MR) is 91.8 cm³/mol. The van der Waals surface area contributed by atoms with Crippen molar-refractivity contribution < 1.29 is 23.2 Å². The molecule has 0 aliphatic rings. The number of benzene rings is 2. The third-order valence-corrected chi connectivity index (χ3v) is 3.37. The van der Waals surface area contributed by atoms with Crippen molar-refractivity contribution in [3.8, 4) is 0 Å². The molecule has 0 bridgehead atoms. The Balaban J connectivity index is 1.93. The largest absolute Gasteiger partial charge is 0.355 e. The van der Waals surface area contributed by atoms with Gasteiger partial charge in [-0.3, -0.25) is 14.4 Å². The molecule has 8 heteroatoms. The van der Waals surface area contributed by atoms with Gasteiger partial charge in [0, 0.05) is 37.3 Å².